The average molecular weight is 102 g/mol. The van der Waals surface area contributed by atoms with Gasteiger partial charge in [0.25, 0.3) is 0 Å². The minimum Gasteiger partial charge on any atom is -0.397 e. The lowest BCUT2D eigenvalue weighted by Gasteiger charge is -1.86. The Kier molecular flexibility index (Phi) is 1.84. The summed E-state index contributed by atoms with van der Waals surface area (Å²) in [5.41, 5.74) is 4.95. The Bertz CT molecular complexity index is 87.1. The summed E-state index contributed by atoms with van der Waals surface area (Å²) in [7, 11) is 0. The molecule has 0 aromatic carbocycles. The molecule has 0 bridgehead atoms. The maximum absolute atomic E-state index is 9.47. The predicted octanol–water partition coefficient (Wildman–Crippen LogP) is -0.264. The molecule has 0 fully saturated rings. The summed E-state index contributed by atoms with van der Waals surface area (Å²) in [6, 6.07) is 0. The van der Waals surface area contributed by atoms with E-state index in [9.17, 15) is 10.1 Å². The molecule has 0 aliphatic carbocycles. The minimum absolute atomic E-state index is 0.0880. The maximum Gasteiger partial charge on any atom is 0.242 e. The van der Waals surface area contributed by atoms with Gasteiger partial charge < -0.3 is 5.73 Å². The highest BCUT2D eigenvalue weighted by atomic mass is 16.6. The molecule has 0 atom stereocenters. The second-order valence-corrected chi connectivity index (χ2v) is 1.15. The average Bonchev–Trinajstić information content (AvgIpc) is 1.27. The van der Waals surface area contributed by atoms with Crippen molar-refractivity contribution in [1.82, 2.24) is 0 Å². The van der Waals surface area contributed by atoms with Crippen LogP contribution in [0.5, 0.6) is 0 Å². The highest BCUT2D eigenvalue weighted by Crippen LogP contribution is 1.74. The van der Waals surface area contributed by atoms with Crippen LogP contribution in [-0.2, 0) is 0 Å². The first-order valence-corrected chi connectivity index (χ1v) is 1.68. The van der Waals surface area contributed by atoms with Gasteiger partial charge in [-0.15, -0.1) is 0 Å². The zero-order valence-corrected chi connectivity index (χ0v) is 3.76. The molecule has 0 aromatic heterocycles. The van der Waals surface area contributed by atoms with Gasteiger partial charge in [0, 0.05) is 4.92 Å². The van der Waals surface area contributed by atoms with Gasteiger partial charge in [0.1, 0.15) is 0 Å². The molecular formula is C3H6N2O2. The summed E-state index contributed by atoms with van der Waals surface area (Å²) < 4.78 is 0. The lowest BCUT2D eigenvalue weighted by Crippen LogP contribution is -2.09. The Morgan fingerprint density at radius 2 is 2.43 bits per heavy atom. The van der Waals surface area contributed by atoms with Gasteiger partial charge in [-0.3, -0.25) is 10.1 Å². The van der Waals surface area contributed by atoms with Gasteiger partial charge >= 0.3 is 0 Å². The van der Waals surface area contributed by atoms with Crippen molar-refractivity contribution in [3.8, 4) is 0 Å². The largest absolute Gasteiger partial charge is 0.397 e. The molecule has 0 heterocycles. The van der Waals surface area contributed by atoms with Crippen molar-refractivity contribution < 1.29 is 4.92 Å². The molecule has 0 radical (unpaired) electrons. The van der Waals surface area contributed by atoms with E-state index in [1.165, 1.54) is 0 Å². The quantitative estimate of drug-likeness (QED) is 0.385. The second-order valence-electron chi connectivity index (χ2n) is 1.15. The van der Waals surface area contributed by atoms with Crippen LogP contribution in [0.15, 0.2) is 12.3 Å². The monoisotopic (exact) mass is 102 g/mol. The van der Waals surface area contributed by atoms with Gasteiger partial charge in [0.15, 0.2) is 0 Å². The number of nitrogens with zero attached hydrogens (tertiary/aromatic N) is 1. The van der Waals surface area contributed by atoms with Crippen LogP contribution in [0.3, 0.4) is 0 Å². The van der Waals surface area contributed by atoms with E-state index in [2.05, 4.69) is 6.58 Å². The fourth-order valence-electron chi connectivity index (χ4n) is 0.166. The first-order valence-electron chi connectivity index (χ1n) is 1.68. The van der Waals surface area contributed by atoms with Crippen molar-refractivity contribution in [1.29, 1.82) is 0 Å². The Balaban J connectivity index is 3.32. The molecule has 2 N–H and O–H groups in total. The molecule has 0 amide bonds. The molecule has 0 aromatic rings. The van der Waals surface area contributed by atoms with Crippen molar-refractivity contribution in [3.63, 3.8) is 0 Å². The summed E-state index contributed by atoms with van der Waals surface area (Å²) in [5, 5.41) is 9.47. The smallest absolute Gasteiger partial charge is 0.242 e. The molecule has 0 rings (SSSR count). The van der Waals surface area contributed by atoms with E-state index >= 15 is 0 Å². The highest BCUT2D eigenvalue weighted by molar-refractivity contribution is 4.84. The SMILES string of the molecule is C=C(N)C[N+](=O)[O-]. The Labute approximate surface area is 40.8 Å². The van der Waals surface area contributed by atoms with Gasteiger partial charge in [-0.2, -0.15) is 0 Å². The molecule has 0 saturated carbocycles. The molecule has 4 nitrogen and oxygen atoms in total. The first-order chi connectivity index (χ1) is 3.13. The predicted molar refractivity (Wildman–Crippen MR) is 25.2 cm³/mol. The van der Waals surface area contributed by atoms with E-state index in [1.54, 1.807) is 0 Å². The van der Waals surface area contributed by atoms with E-state index < -0.39 is 4.92 Å². The third-order valence-electron chi connectivity index (χ3n) is 0.332. The van der Waals surface area contributed by atoms with Crippen LogP contribution in [0, 0.1) is 10.1 Å². The van der Waals surface area contributed by atoms with Gasteiger partial charge in [0.2, 0.25) is 6.54 Å². The summed E-state index contributed by atoms with van der Waals surface area (Å²) in [4.78, 5) is 8.95. The van der Waals surface area contributed by atoms with Crippen molar-refractivity contribution in [2.24, 2.45) is 5.73 Å². The van der Waals surface area contributed by atoms with Crippen LogP contribution < -0.4 is 5.73 Å². The van der Waals surface area contributed by atoms with E-state index in [0.29, 0.717) is 0 Å². The summed E-state index contributed by atoms with van der Waals surface area (Å²) in [6.45, 7) is 2.80. The molecule has 0 aliphatic rings. The number of hydrogen-bond donors (Lipinski definition) is 1. The van der Waals surface area contributed by atoms with Crippen LogP contribution in [-0.4, -0.2) is 11.5 Å². The Hall–Kier alpha value is -1.06. The van der Waals surface area contributed by atoms with Gasteiger partial charge in [0.05, 0.1) is 5.70 Å². The van der Waals surface area contributed by atoms with Crippen LogP contribution in [0.25, 0.3) is 0 Å². The van der Waals surface area contributed by atoms with Crippen LogP contribution in [0.2, 0.25) is 0 Å². The zero-order chi connectivity index (χ0) is 5.86. The van der Waals surface area contributed by atoms with Crippen molar-refractivity contribution >= 4 is 0 Å². The fourth-order valence-corrected chi connectivity index (χ4v) is 0.166. The summed E-state index contributed by atoms with van der Waals surface area (Å²) in [6.07, 6.45) is 0. The van der Waals surface area contributed by atoms with E-state index in [-0.39, 0.29) is 12.2 Å². The van der Waals surface area contributed by atoms with E-state index in [0.717, 1.165) is 0 Å². The van der Waals surface area contributed by atoms with Gasteiger partial charge in [-0.05, 0) is 0 Å². The minimum atomic E-state index is -0.525. The first kappa shape index (κ1) is 5.94. The molecule has 0 aliphatic heterocycles. The second kappa shape index (κ2) is 2.17. The third kappa shape index (κ3) is 4.94. The Morgan fingerprint density at radius 1 is 2.00 bits per heavy atom. The third-order valence-corrected chi connectivity index (χ3v) is 0.332. The van der Waals surface area contributed by atoms with Crippen molar-refractivity contribution in [3.05, 3.63) is 22.4 Å². The maximum atomic E-state index is 9.47. The van der Waals surface area contributed by atoms with Crippen molar-refractivity contribution in [2.75, 3.05) is 6.54 Å². The van der Waals surface area contributed by atoms with E-state index in [4.69, 9.17) is 5.73 Å². The lowest BCUT2D eigenvalue weighted by molar-refractivity contribution is -0.470. The van der Waals surface area contributed by atoms with Crippen LogP contribution in [0.4, 0.5) is 0 Å². The molecule has 0 spiro atoms. The molecular weight excluding hydrogens is 96.0 g/mol. The zero-order valence-electron chi connectivity index (χ0n) is 3.76. The standard InChI is InChI=1S/C3H6N2O2/c1-3(4)2-5(6)7/h1-2,4H2. The van der Waals surface area contributed by atoms with Gasteiger partial charge in [-0.1, -0.05) is 6.58 Å². The molecule has 7 heavy (non-hydrogen) atoms. The Morgan fingerprint density at radius 3 is 2.43 bits per heavy atom. The fraction of sp³-hybridized carbons (Fsp3) is 0.333. The van der Waals surface area contributed by atoms with E-state index in [1.807, 2.05) is 0 Å². The normalized spacial score (nSPS) is 8.00. The number of nitro groups is 1. The van der Waals surface area contributed by atoms with Crippen molar-refractivity contribution in [2.45, 2.75) is 0 Å². The number of rotatable bonds is 2. The molecule has 4 heteroatoms. The van der Waals surface area contributed by atoms with Crippen LogP contribution >= 0.6 is 0 Å². The summed E-state index contributed by atoms with van der Waals surface area (Å²) >= 11 is 0. The number of nitrogens with two attached hydrogens (primary N) is 1. The van der Waals surface area contributed by atoms with Gasteiger partial charge in [-0.25, -0.2) is 0 Å². The molecule has 0 unspecified atom stereocenters. The summed E-state index contributed by atoms with van der Waals surface area (Å²) in [5.74, 6) is 0. The number of hydrogen-bond acceptors (Lipinski definition) is 3. The lowest BCUT2D eigenvalue weighted by atomic mass is 10.5. The molecule has 40 valence electrons. The van der Waals surface area contributed by atoms with Crippen LogP contribution in [0.1, 0.15) is 0 Å². The highest BCUT2D eigenvalue weighted by Gasteiger charge is 1.93. The molecule has 0 saturated heterocycles. The topological polar surface area (TPSA) is 69.2 Å².